The summed E-state index contributed by atoms with van der Waals surface area (Å²) in [5, 5.41) is 2.57. The van der Waals surface area contributed by atoms with Gasteiger partial charge in [-0.05, 0) is 58.2 Å². The summed E-state index contributed by atoms with van der Waals surface area (Å²) in [6, 6.07) is 6.31. The van der Waals surface area contributed by atoms with Crippen LogP contribution in [-0.2, 0) is 14.3 Å². The molecular weight excluding hydrogens is 336 g/mol. The smallest absolute Gasteiger partial charge is 0.412 e. The largest absolute Gasteiger partial charge is 0.452 e. The zero-order chi connectivity index (χ0) is 19.2. The van der Waals surface area contributed by atoms with E-state index in [4.69, 9.17) is 9.47 Å². The molecule has 0 radical (unpaired) electrons. The van der Waals surface area contributed by atoms with Crippen LogP contribution in [0.1, 0.15) is 50.4 Å². The van der Waals surface area contributed by atoms with Gasteiger partial charge in [-0.3, -0.25) is 10.1 Å². The maximum Gasteiger partial charge on any atom is 0.412 e. The van der Waals surface area contributed by atoms with E-state index in [0.717, 1.165) is 19.3 Å². The lowest BCUT2D eigenvalue weighted by Gasteiger charge is -2.26. The van der Waals surface area contributed by atoms with Gasteiger partial charge in [0.15, 0.2) is 6.61 Å². The predicted octanol–water partition coefficient (Wildman–Crippen LogP) is 3.20. The van der Waals surface area contributed by atoms with E-state index in [0.29, 0.717) is 18.8 Å². The van der Waals surface area contributed by atoms with Crippen LogP contribution in [-0.4, -0.2) is 48.2 Å². The highest BCUT2D eigenvalue weighted by molar-refractivity contribution is 5.93. The average molecular weight is 362 g/mol. The highest BCUT2D eigenvalue weighted by atomic mass is 16.6. The van der Waals surface area contributed by atoms with Crippen molar-refractivity contribution in [1.29, 1.82) is 0 Å². The monoisotopic (exact) mass is 362 g/mol. The summed E-state index contributed by atoms with van der Waals surface area (Å²) in [5.41, 5.74) is 0.0520. The molecule has 0 spiro atoms. The fourth-order valence-corrected chi connectivity index (χ4v) is 2.59. The Morgan fingerprint density at radius 1 is 1.12 bits per heavy atom. The van der Waals surface area contributed by atoms with Crippen molar-refractivity contribution in [3.05, 3.63) is 29.8 Å². The first-order valence-electron chi connectivity index (χ1n) is 8.79. The lowest BCUT2D eigenvalue weighted by atomic mass is 10.1. The number of nitrogens with one attached hydrogen (secondary N) is 1. The number of rotatable bonds is 4. The third kappa shape index (κ3) is 6.38. The van der Waals surface area contributed by atoms with E-state index < -0.39 is 17.7 Å². The molecule has 26 heavy (non-hydrogen) atoms. The topological polar surface area (TPSA) is 84.9 Å². The van der Waals surface area contributed by atoms with E-state index in [9.17, 15) is 14.4 Å². The van der Waals surface area contributed by atoms with Crippen LogP contribution >= 0.6 is 0 Å². The lowest BCUT2D eigenvalue weighted by Crippen LogP contribution is -2.38. The van der Waals surface area contributed by atoms with Crippen molar-refractivity contribution in [2.24, 2.45) is 0 Å². The van der Waals surface area contributed by atoms with E-state index in [-0.39, 0.29) is 18.1 Å². The van der Waals surface area contributed by atoms with Crippen LogP contribution in [0.2, 0.25) is 0 Å². The second-order valence-corrected chi connectivity index (χ2v) is 7.23. The summed E-state index contributed by atoms with van der Waals surface area (Å²) in [6.07, 6.45) is 2.49. The summed E-state index contributed by atoms with van der Waals surface area (Å²) in [7, 11) is 0. The van der Waals surface area contributed by atoms with Crippen LogP contribution in [0.25, 0.3) is 0 Å². The number of hydrogen-bond acceptors (Lipinski definition) is 5. The number of carbonyl (C=O) groups excluding carboxylic acids is 3. The number of ether oxygens (including phenoxy) is 2. The van der Waals surface area contributed by atoms with Gasteiger partial charge in [-0.2, -0.15) is 0 Å². The minimum Gasteiger partial charge on any atom is -0.452 e. The first-order valence-corrected chi connectivity index (χ1v) is 8.79. The molecule has 0 bridgehead atoms. The maximum absolute atomic E-state index is 12.2. The highest BCUT2D eigenvalue weighted by Gasteiger charge is 2.19. The van der Waals surface area contributed by atoms with E-state index >= 15 is 0 Å². The van der Waals surface area contributed by atoms with Crippen molar-refractivity contribution >= 4 is 23.7 Å². The third-order valence-electron chi connectivity index (χ3n) is 3.78. The second kappa shape index (κ2) is 8.69. The van der Waals surface area contributed by atoms with Gasteiger partial charge in [-0.25, -0.2) is 9.59 Å². The van der Waals surface area contributed by atoms with Gasteiger partial charge in [0, 0.05) is 18.8 Å². The first-order chi connectivity index (χ1) is 12.2. The van der Waals surface area contributed by atoms with E-state index in [1.165, 1.54) is 6.07 Å². The summed E-state index contributed by atoms with van der Waals surface area (Å²) < 4.78 is 10.3. The average Bonchev–Trinajstić information content (AvgIpc) is 2.58. The van der Waals surface area contributed by atoms with Crippen molar-refractivity contribution in [1.82, 2.24) is 4.90 Å². The SMILES string of the molecule is CC(C)(C)OC(=O)Nc1cccc(C(=O)OCC(=O)N2CCCCC2)c1. The molecular formula is C19H26N2O5. The van der Waals surface area contributed by atoms with Crippen molar-refractivity contribution in [2.45, 2.75) is 45.6 Å². The number of esters is 1. The van der Waals surface area contributed by atoms with Crippen molar-refractivity contribution in [3.63, 3.8) is 0 Å². The zero-order valence-electron chi connectivity index (χ0n) is 15.5. The molecule has 7 heteroatoms. The van der Waals surface area contributed by atoms with E-state index in [2.05, 4.69) is 5.32 Å². The summed E-state index contributed by atoms with van der Waals surface area (Å²) in [6.45, 7) is 6.44. The van der Waals surface area contributed by atoms with Crippen LogP contribution < -0.4 is 5.32 Å². The molecule has 1 aliphatic rings. The summed E-state index contributed by atoms with van der Waals surface area (Å²) >= 11 is 0. The Morgan fingerprint density at radius 2 is 1.81 bits per heavy atom. The number of piperidine rings is 1. The number of amides is 2. The lowest BCUT2D eigenvalue weighted by molar-refractivity contribution is -0.135. The normalized spacial score (nSPS) is 14.5. The Kier molecular flexibility index (Phi) is 6.60. The molecule has 1 N–H and O–H groups in total. The molecule has 1 saturated heterocycles. The van der Waals surface area contributed by atoms with Crippen molar-refractivity contribution < 1.29 is 23.9 Å². The Hall–Kier alpha value is -2.57. The van der Waals surface area contributed by atoms with E-state index in [1.807, 2.05) is 0 Å². The molecule has 142 valence electrons. The summed E-state index contributed by atoms with van der Waals surface area (Å²) in [4.78, 5) is 37.7. The number of benzene rings is 1. The molecule has 7 nitrogen and oxygen atoms in total. The molecule has 0 aromatic heterocycles. The Labute approximate surface area is 153 Å². The number of carbonyl (C=O) groups is 3. The molecule has 2 amide bonds. The van der Waals surface area contributed by atoms with Gasteiger partial charge in [0.1, 0.15) is 5.60 Å². The second-order valence-electron chi connectivity index (χ2n) is 7.23. The van der Waals surface area contributed by atoms with Gasteiger partial charge in [0.2, 0.25) is 0 Å². The fourth-order valence-electron chi connectivity index (χ4n) is 2.59. The molecule has 1 fully saturated rings. The molecule has 1 aromatic rings. The van der Waals surface area contributed by atoms with Crippen LogP contribution in [0, 0.1) is 0 Å². The highest BCUT2D eigenvalue weighted by Crippen LogP contribution is 2.15. The van der Waals surface area contributed by atoms with Gasteiger partial charge >= 0.3 is 12.1 Å². The van der Waals surface area contributed by atoms with Gasteiger partial charge in [0.25, 0.3) is 5.91 Å². The quantitative estimate of drug-likeness (QED) is 0.832. The van der Waals surface area contributed by atoms with Crippen LogP contribution in [0.5, 0.6) is 0 Å². The Bertz CT molecular complexity index is 660. The van der Waals surface area contributed by atoms with Gasteiger partial charge in [0.05, 0.1) is 5.56 Å². The number of anilines is 1. The molecule has 0 saturated carbocycles. The van der Waals surface area contributed by atoms with Gasteiger partial charge < -0.3 is 14.4 Å². The molecule has 1 heterocycles. The van der Waals surface area contributed by atoms with Crippen LogP contribution in [0.3, 0.4) is 0 Å². The standard InChI is InChI=1S/C19H26N2O5/c1-19(2,3)26-18(24)20-15-9-7-8-14(12-15)17(23)25-13-16(22)21-10-5-4-6-11-21/h7-9,12H,4-6,10-11,13H2,1-3H3,(H,20,24). The molecule has 0 aliphatic carbocycles. The molecule has 1 aromatic carbocycles. The first kappa shape index (κ1) is 19.8. The Balaban J connectivity index is 1.88. The predicted molar refractivity (Wildman–Crippen MR) is 97.0 cm³/mol. The van der Waals surface area contributed by atoms with Crippen molar-refractivity contribution in [2.75, 3.05) is 25.0 Å². The van der Waals surface area contributed by atoms with Crippen molar-refractivity contribution in [3.8, 4) is 0 Å². The van der Waals surface area contributed by atoms with Crippen LogP contribution in [0.4, 0.5) is 10.5 Å². The fraction of sp³-hybridized carbons (Fsp3) is 0.526. The molecule has 0 atom stereocenters. The molecule has 2 rings (SSSR count). The zero-order valence-corrected chi connectivity index (χ0v) is 15.5. The maximum atomic E-state index is 12.2. The molecule has 0 unspecified atom stereocenters. The minimum absolute atomic E-state index is 0.180. The number of nitrogens with zero attached hydrogens (tertiary/aromatic N) is 1. The third-order valence-corrected chi connectivity index (χ3v) is 3.78. The molecule has 1 aliphatic heterocycles. The van der Waals surface area contributed by atoms with Gasteiger partial charge in [-0.15, -0.1) is 0 Å². The number of likely N-dealkylation sites (tertiary alicyclic amines) is 1. The van der Waals surface area contributed by atoms with E-state index in [1.54, 1.807) is 43.9 Å². The number of hydrogen-bond donors (Lipinski definition) is 1. The summed E-state index contributed by atoms with van der Waals surface area (Å²) in [5.74, 6) is -0.788. The van der Waals surface area contributed by atoms with Crippen LogP contribution in [0.15, 0.2) is 24.3 Å². The minimum atomic E-state index is -0.616. The Morgan fingerprint density at radius 3 is 2.46 bits per heavy atom. The van der Waals surface area contributed by atoms with Gasteiger partial charge in [-0.1, -0.05) is 6.07 Å².